The summed E-state index contributed by atoms with van der Waals surface area (Å²) >= 11 is 1.65. The van der Waals surface area contributed by atoms with Gasteiger partial charge in [-0.3, -0.25) is 0 Å². The Hall–Kier alpha value is -1.66. The summed E-state index contributed by atoms with van der Waals surface area (Å²) in [5.74, 6) is 1.68. The molecule has 3 rings (SSSR count). The highest BCUT2D eigenvalue weighted by molar-refractivity contribution is 7.14. The monoisotopic (exact) mass is 247 g/mol. The van der Waals surface area contributed by atoms with E-state index < -0.39 is 0 Å². The summed E-state index contributed by atoms with van der Waals surface area (Å²) in [6.07, 6.45) is 1.57. The number of nitrogens with zero attached hydrogens (tertiary/aromatic N) is 2. The molecule has 6 heteroatoms. The van der Waals surface area contributed by atoms with Gasteiger partial charge in [0, 0.05) is 19.2 Å². The Morgan fingerprint density at radius 2 is 2.18 bits per heavy atom. The summed E-state index contributed by atoms with van der Waals surface area (Å²) in [4.78, 5) is 8.40. The van der Waals surface area contributed by atoms with E-state index in [1.165, 1.54) is 0 Å². The molecular formula is C11H13N5S. The highest BCUT2D eigenvalue weighted by atomic mass is 32.1. The quantitative estimate of drug-likeness (QED) is 0.767. The fourth-order valence-electron chi connectivity index (χ4n) is 1.58. The second-order valence-corrected chi connectivity index (χ2v) is 4.84. The van der Waals surface area contributed by atoms with Gasteiger partial charge in [0.05, 0.1) is 11.0 Å². The van der Waals surface area contributed by atoms with Gasteiger partial charge in [0.15, 0.2) is 0 Å². The second kappa shape index (κ2) is 4.68. The van der Waals surface area contributed by atoms with Crippen LogP contribution >= 0.6 is 11.3 Å². The molecule has 0 atom stereocenters. The first kappa shape index (κ1) is 10.5. The lowest BCUT2D eigenvalue weighted by Crippen LogP contribution is -2.51. The van der Waals surface area contributed by atoms with E-state index >= 15 is 0 Å². The van der Waals surface area contributed by atoms with Crippen molar-refractivity contribution >= 4 is 28.0 Å². The lowest BCUT2D eigenvalue weighted by Gasteiger charge is -2.28. The SMILES string of the molecule is c1csc(Nc2cc(NC3CNC3)ncn2)c1. The number of hydrogen-bond donors (Lipinski definition) is 3. The van der Waals surface area contributed by atoms with Gasteiger partial charge in [-0.15, -0.1) is 11.3 Å². The van der Waals surface area contributed by atoms with Gasteiger partial charge in [0.2, 0.25) is 0 Å². The van der Waals surface area contributed by atoms with Crippen molar-refractivity contribution in [1.29, 1.82) is 0 Å². The zero-order chi connectivity index (χ0) is 11.5. The van der Waals surface area contributed by atoms with Crippen molar-refractivity contribution in [3.05, 3.63) is 29.9 Å². The molecule has 3 heterocycles. The van der Waals surface area contributed by atoms with Crippen molar-refractivity contribution in [2.45, 2.75) is 6.04 Å². The Morgan fingerprint density at radius 1 is 1.29 bits per heavy atom. The molecule has 0 radical (unpaired) electrons. The van der Waals surface area contributed by atoms with Crippen LogP contribution in [-0.4, -0.2) is 29.1 Å². The predicted molar refractivity (Wildman–Crippen MR) is 69.9 cm³/mol. The molecule has 1 fully saturated rings. The van der Waals surface area contributed by atoms with Crippen molar-refractivity contribution in [2.75, 3.05) is 23.7 Å². The molecular weight excluding hydrogens is 234 g/mol. The molecule has 5 nitrogen and oxygen atoms in total. The molecule has 1 aliphatic heterocycles. The van der Waals surface area contributed by atoms with E-state index in [0.717, 1.165) is 29.7 Å². The van der Waals surface area contributed by atoms with E-state index in [-0.39, 0.29) is 0 Å². The predicted octanol–water partition coefficient (Wildman–Crippen LogP) is 1.67. The largest absolute Gasteiger partial charge is 0.365 e. The van der Waals surface area contributed by atoms with Gasteiger partial charge >= 0.3 is 0 Å². The van der Waals surface area contributed by atoms with Crippen LogP contribution < -0.4 is 16.0 Å². The Kier molecular flexibility index (Phi) is 2.89. The van der Waals surface area contributed by atoms with Crippen LogP contribution in [0.1, 0.15) is 0 Å². The molecule has 2 aromatic rings. The number of rotatable bonds is 4. The van der Waals surface area contributed by atoms with Crippen molar-refractivity contribution in [3.63, 3.8) is 0 Å². The summed E-state index contributed by atoms with van der Waals surface area (Å²) in [5.41, 5.74) is 0. The molecule has 3 N–H and O–H groups in total. The summed E-state index contributed by atoms with van der Waals surface area (Å²) in [5, 5.41) is 12.9. The van der Waals surface area contributed by atoms with Gasteiger partial charge in [-0.25, -0.2) is 9.97 Å². The summed E-state index contributed by atoms with van der Waals surface area (Å²) in [6, 6.07) is 6.45. The normalized spacial score (nSPS) is 15.3. The Balaban J connectivity index is 1.69. The van der Waals surface area contributed by atoms with Crippen LogP contribution in [0.4, 0.5) is 16.6 Å². The van der Waals surface area contributed by atoms with Crippen LogP contribution in [0, 0.1) is 0 Å². The fraction of sp³-hybridized carbons (Fsp3) is 0.273. The molecule has 17 heavy (non-hydrogen) atoms. The van der Waals surface area contributed by atoms with E-state index in [1.807, 2.05) is 23.6 Å². The fourth-order valence-corrected chi connectivity index (χ4v) is 2.20. The van der Waals surface area contributed by atoms with Crippen molar-refractivity contribution < 1.29 is 0 Å². The van der Waals surface area contributed by atoms with Crippen LogP contribution in [0.5, 0.6) is 0 Å². The van der Waals surface area contributed by atoms with Gasteiger partial charge in [-0.05, 0) is 17.5 Å². The molecule has 1 aliphatic rings. The second-order valence-electron chi connectivity index (χ2n) is 3.89. The maximum atomic E-state index is 4.20. The molecule has 0 unspecified atom stereocenters. The van der Waals surface area contributed by atoms with Gasteiger partial charge in [-0.2, -0.15) is 0 Å². The van der Waals surface area contributed by atoms with Gasteiger partial charge in [0.25, 0.3) is 0 Å². The first-order valence-electron chi connectivity index (χ1n) is 5.50. The van der Waals surface area contributed by atoms with Gasteiger partial charge in [0.1, 0.15) is 18.0 Å². The molecule has 88 valence electrons. The van der Waals surface area contributed by atoms with Gasteiger partial charge in [-0.1, -0.05) is 0 Å². The number of thiophene rings is 1. The van der Waals surface area contributed by atoms with Crippen molar-refractivity contribution in [3.8, 4) is 0 Å². The smallest absolute Gasteiger partial charge is 0.136 e. The Morgan fingerprint density at radius 3 is 2.88 bits per heavy atom. The lowest BCUT2D eigenvalue weighted by atomic mass is 10.2. The molecule has 2 aromatic heterocycles. The number of hydrogen-bond acceptors (Lipinski definition) is 6. The number of anilines is 3. The summed E-state index contributed by atoms with van der Waals surface area (Å²) < 4.78 is 0. The third-order valence-electron chi connectivity index (χ3n) is 2.57. The highest BCUT2D eigenvalue weighted by Gasteiger charge is 2.16. The van der Waals surface area contributed by atoms with E-state index in [9.17, 15) is 0 Å². The topological polar surface area (TPSA) is 61.9 Å². The maximum absolute atomic E-state index is 4.20. The first-order chi connectivity index (χ1) is 8.40. The zero-order valence-corrected chi connectivity index (χ0v) is 10.00. The third-order valence-corrected chi connectivity index (χ3v) is 3.36. The van der Waals surface area contributed by atoms with E-state index in [1.54, 1.807) is 17.7 Å². The average Bonchev–Trinajstić information content (AvgIpc) is 2.77. The third kappa shape index (κ3) is 2.54. The minimum atomic E-state index is 0.486. The van der Waals surface area contributed by atoms with Crippen molar-refractivity contribution in [2.24, 2.45) is 0 Å². The molecule has 0 aromatic carbocycles. The summed E-state index contributed by atoms with van der Waals surface area (Å²) in [7, 11) is 0. The lowest BCUT2D eigenvalue weighted by molar-refractivity contribution is 0.471. The van der Waals surface area contributed by atoms with Crippen LogP contribution in [0.3, 0.4) is 0 Å². The van der Waals surface area contributed by atoms with Crippen LogP contribution in [0.15, 0.2) is 29.9 Å². The van der Waals surface area contributed by atoms with E-state index in [4.69, 9.17) is 0 Å². The molecule has 1 saturated heterocycles. The molecule has 0 aliphatic carbocycles. The number of aromatic nitrogens is 2. The number of nitrogens with one attached hydrogen (secondary N) is 3. The standard InChI is InChI=1S/C11H13N5S/c1-2-11(17-3-1)16-10-4-9(13-7-14-10)15-8-5-12-6-8/h1-4,7-8,12H,5-6H2,(H2,13,14,15,16). The molecule has 0 saturated carbocycles. The minimum absolute atomic E-state index is 0.486. The first-order valence-corrected chi connectivity index (χ1v) is 6.38. The average molecular weight is 247 g/mol. The molecule has 0 bridgehead atoms. The van der Waals surface area contributed by atoms with Crippen LogP contribution in [0.2, 0.25) is 0 Å². The molecule has 0 amide bonds. The Labute approximate surface area is 103 Å². The van der Waals surface area contributed by atoms with Crippen molar-refractivity contribution in [1.82, 2.24) is 15.3 Å². The van der Waals surface area contributed by atoms with Crippen LogP contribution in [0.25, 0.3) is 0 Å². The highest BCUT2D eigenvalue weighted by Crippen LogP contribution is 2.21. The van der Waals surface area contributed by atoms with Gasteiger partial charge < -0.3 is 16.0 Å². The minimum Gasteiger partial charge on any atom is -0.365 e. The van der Waals surface area contributed by atoms with E-state index in [2.05, 4.69) is 25.9 Å². The maximum Gasteiger partial charge on any atom is 0.136 e. The van der Waals surface area contributed by atoms with Crippen LogP contribution in [-0.2, 0) is 0 Å². The zero-order valence-electron chi connectivity index (χ0n) is 9.18. The van der Waals surface area contributed by atoms with E-state index in [0.29, 0.717) is 6.04 Å². The summed E-state index contributed by atoms with van der Waals surface area (Å²) in [6.45, 7) is 2.00. The Bertz CT molecular complexity index is 480. The molecule has 0 spiro atoms.